The number of thiazole rings is 1. The molecular formula is C13H14N2O3S. The number of carbonyl (C=O) groups excluding carboxylic acids is 1. The van der Waals surface area contributed by atoms with Crippen LogP contribution in [0.4, 0.5) is 5.69 Å². The van der Waals surface area contributed by atoms with Gasteiger partial charge in [-0.15, -0.1) is 0 Å². The van der Waals surface area contributed by atoms with E-state index in [1.807, 2.05) is 6.92 Å². The van der Waals surface area contributed by atoms with Crippen molar-refractivity contribution in [2.75, 3.05) is 12.8 Å². The van der Waals surface area contributed by atoms with Crippen LogP contribution < -0.4 is 10.6 Å². The number of methoxy groups -OCH3 is 1. The van der Waals surface area contributed by atoms with Gasteiger partial charge in [-0.3, -0.25) is 9.36 Å². The van der Waals surface area contributed by atoms with E-state index in [1.54, 1.807) is 28.1 Å². The average molecular weight is 278 g/mol. The first-order chi connectivity index (χ1) is 9.04. The molecule has 6 heteroatoms. The molecule has 0 bridgehead atoms. The molecule has 5 nitrogen and oxygen atoms in total. The van der Waals surface area contributed by atoms with E-state index in [0.717, 1.165) is 17.0 Å². The maximum Gasteiger partial charge on any atom is 0.340 e. The highest BCUT2D eigenvalue weighted by atomic mass is 32.1. The summed E-state index contributed by atoms with van der Waals surface area (Å²) in [5.41, 5.74) is 8.02. The molecule has 0 saturated heterocycles. The maximum absolute atomic E-state index is 11.8. The number of aromatic nitrogens is 1. The Labute approximate surface area is 114 Å². The number of nitrogens with zero attached hydrogens (tertiary/aromatic N) is 1. The zero-order chi connectivity index (χ0) is 14.0. The van der Waals surface area contributed by atoms with Crippen LogP contribution in [0.2, 0.25) is 0 Å². The van der Waals surface area contributed by atoms with Gasteiger partial charge in [0.2, 0.25) is 0 Å². The summed E-state index contributed by atoms with van der Waals surface area (Å²) in [6.07, 6.45) is 0. The summed E-state index contributed by atoms with van der Waals surface area (Å²) >= 11 is 1.13. The molecule has 0 atom stereocenters. The number of anilines is 1. The van der Waals surface area contributed by atoms with Gasteiger partial charge in [0.1, 0.15) is 0 Å². The Morgan fingerprint density at radius 2 is 2.21 bits per heavy atom. The standard InChI is InChI=1S/C13H14N2O3S/c1-8-7-19-13(17)15(8)6-9-4-3-5-10(14)11(9)12(16)18-2/h3-5,7H,6,14H2,1-2H3. The van der Waals surface area contributed by atoms with Crippen LogP contribution in [0.3, 0.4) is 0 Å². The minimum atomic E-state index is -0.492. The summed E-state index contributed by atoms with van der Waals surface area (Å²) in [6.45, 7) is 2.16. The molecule has 0 unspecified atom stereocenters. The Morgan fingerprint density at radius 1 is 1.47 bits per heavy atom. The van der Waals surface area contributed by atoms with Gasteiger partial charge in [0.15, 0.2) is 0 Å². The summed E-state index contributed by atoms with van der Waals surface area (Å²) in [7, 11) is 1.31. The first kappa shape index (κ1) is 13.4. The summed E-state index contributed by atoms with van der Waals surface area (Å²) in [4.78, 5) is 23.4. The Hall–Kier alpha value is -2.08. The lowest BCUT2D eigenvalue weighted by atomic mass is 10.1. The molecule has 0 radical (unpaired) electrons. The number of carbonyl (C=O) groups is 1. The number of aryl methyl sites for hydroxylation is 1. The van der Waals surface area contributed by atoms with Gasteiger partial charge in [0.05, 0.1) is 19.2 Å². The zero-order valence-corrected chi connectivity index (χ0v) is 11.5. The Balaban J connectivity index is 2.49. The molecule has 1 heterocycles. The quantitative estimate of drug-likeness (QED) is 0.684. The van der Waals surface area contributed by atoms with Crippen LogP contribution in [-0.2, 0) is 11.3 Å². The van der Waals surface area contributed by atoms with E-state index >= 15 is 0 Å². The molecule has 19 heavy (non-hydrogen) atoms. The fraction of sp³-hybridized carbons (Fsp3) is 0.231. The Kier molecular flexibility index (Phi) is 3.71. The van der Waals surface area contributed by atoms with E-state index < -0.39 is 5.97 Å². The van der Waals surface area contributed by atoms with Crippen LogP contribution in [0, 0.1) is 6.92 Å². The fourth-order valence-corrected chi connectivity index (χ4v) is 2.60. The van der Waals surface area contributed by atoms with E-state index in [-0.39, 0.29) is 4.87 Å². The van der Waals surface area contributed by atoms with Crippen LogP contribution in [0.15, 0.2) is 28.4 Å². The first-order valence-electron chi connectivity index (χ1n) is 5.65. The van der Waals surface area contributed by atoms with Crippen LogP contribution in [0.25, 0.3) is 0 Å². The third-order valence-corrected chi connectivity index (χ3v) is 3.76. The molecule has 0 aliphatic rings. The molecule has 1 aromatic carbocycles. The molecule has 2 aromatic rings. The number of hydrogen-bond acceptors (Lipinski definition) is 5. The largest absolute Gasteiger partial charge is 0.465 e. The van der Waals surface area contributed by atoms with Crippen molar-refractivity contribution < 1.29 is 9.53 Å². The molecule has 0 aliphatic heterocycles. The minimum absolute atomic E-state index is 0.0595. The lowest BCUT2D eigenvalue weighted by molar-refractivity contribution is 0.0600. The minimum Gasteiger partial charge on any atom is -0.465 e. The van der Waals surface area contributed by atoms with Crippen molar-refractivity contribution in [1.29, 1.82) is 0 Å². The van der Waals surface area contributed by atoms with Gasteiger partial charge in [0, 0.05) is 16.8 Å². The highest BCUT2D eigenvalue weighted by Gasteiger charge is 2.16. The molecule has 0 saturated carbocycles. The van der Waals surface area contributed by atoms with Gasteiger partial charge < -0.3 is 10.5 Å². The first-order valence-corrected chi connectivity index (χ1v) is 6.53. The van der Waals surface area contributed by atoms with Gasteiger partial charge in [0.25, 0.3) is 0 Å². The van der Waals surface area contributed by atoms with E-state index in [0.29, 0.717) is 23.4 Å². The van der Waals surface area contributed by atoms with Crippen molar-refractivity contribution in [1.82, 2.24) is 4.57 Å². The third kappa shape index (κ3) is 2.53. The second-order valence-corrected chi connectivity index (χ2v) is 4.92. The number of nitrogens with two attached hydrogens (primary N) is 1. The number of rotatable bonds is 3. The van der Waals surface area contributed by atoms with Crippen molar-refractivity contribution in [3.63, 3.8) is 0 Å². The highest BCUT2D eigenvalue weighted by Crippen LogP contribution is 2.19. The second-order valence-electron chi connectivity index (χ2n) is 4.10. The van der Waals surface area contributed by atoms with Gasteiger partial charge in [-0.25, -0.2) is 4.79 Å². The van der Waals surface area contributed by atoms with Crippen LogP contribution in [0.5, 0.6) is 0 Å². The number of hydrogen-bond donors (Lipinski definition) is 1. The van der Waals surface area contributed by atoms with E-state index in [4.69, 9.17) is 10.5 Å². The number of benzene rings is 1. The van der Waals surface area contributed by atoms with Crippen molar-refractivity contribution in [2.45, 2.75) is 13.5 Å². The van der Waals surface area contributed by atoms with Crippen LogP contribution in [-0.4, -0.2) is 17.6 Å². The normalized spacial score (nSPS) is 10.4. The van der Waals surface area contributed by atoms with Crippen molar-refractivity contribution >= 4 is 23.0 Å². The summed E-state index contributed by atoms with van der Waals surface area (Å²) in [5.74, 6) is -0.492. The molecule has 100 valence electrons. The molecule has 0 spiro atoms. The highest BCUT2D eigenvalue weighted by molar-refractivity contribution is 7.07. The van der Waals surface area contributed by atoms with Gasteiger partial charge in [-0.2, -0.15) is 0 Å². The van der Waals surface area contributed by atoms with Crippen LogP contribution in [0.1, 0.15) is 21.6 Å². The second kappa shape index (κ2) is 5.27. The van der Waals surface area contributed by atoms with Gasteiger partial charge in [-0.05, 0) is 18.6 Å². The number of ether oxygens (including phenoxy) is 1. The molecule has 2 rings (SSSR count). The van der Waals surface area contributed by atoms with Gasteiger partial charge >= 0.3 is 10.8 Å². The number of nitrogen functional groups attached to an aromatic ring is 1. The fourth-order valence-electron chi connectivity index (χ4n) is 1.87. The molecule has 0 amide bonds. The average Bonchev–Trinajstić information content (AvgIpc) is 2.70. The molecule has 0 fully saturated rings. The Morgan fingerprint density at radius 3 is 2.79 bits per heavy atom. The van der Waals surface area contributed by atoms with Crippen molar-refractivity contribution in [3.8, 4) is 0 Å². The predicted molar refractivity (Wildman–Crippen MR) is 74.6 cm³/mol. The van der Waals surface area contributed by atoms with Gasteiger partial charge in [-0.1, -0.05) is 23.5 Å². The molecule has 2 N–H and O–H groups in total. The van der Waals surface area contributed by atoms with E-state index in [9.17, 15) is 9.59 Å². The Bertz CT molecular complexity index is 673. The lowest BCUT2D eigenvalue weighted by Gasteiger charge is -2.11. The topological polar surface area (TPSA) is 74.3 Å². The van der Waals surface area contributed by atoms with E-state index in [2.05, 4.69) is 0 Å². The summed E-state index contributed by atoms with van der Waals surface area (Å²) in [6, 6.07) is 5.16. The molecular weight excluding hydrogens is 264 g/mol. The monoisotopic (exact) mass is 278 g/mol. The maximum atomic E-state index is 11.8. The smallest absolute Gasteiger partial charge is 0.340 e. The number of esters is 1. The summed E-state index contributed by atoms with van der Waals surface area (Å²) in [5, 5.41) is 1.78. The lowest BCUT2D eigenvalue weighted by Crippen LogP contribution is -2.18. The third-order valence-electron chi connectivity index (χ3n) is 2.88. The zero-order valence-electron chi connectivity index (χ0n) is 10.7. The van der Waals surface area contributed by atoms with E-state index in [1.165, 1.54) is 7.11 Å². The SMILES string of the molecule is COC(=O)c1c(N)cccc1Cn1c(C)csc1=O. The van der Waals surface area contributed by atoms with Crippen molar-refractivity contribution in [2.24, 2.45) is 0 Å². The molecule has 0 aliphatic carbocycles. The van der Waals surface area contributed by atoms with Crippen LogP contribution >= 0.6 is 11.3 Å². The summed E-state index contributed by atoms with van der Waals surface area (Å²) < 4.78 is 6.34. The molecule has 1 aromatic heterocycles. The van der Waals surface area contributed by atoms with Crippen molar-refractivity contribution in [3.05, 3.63) is 50.1 Å². The predicted octanol–water partition coefficient (Wildman–Crippen LogP) is 1.64.